The Balaban J connectivity index is 1.29. The van der Waals surface area contributed by atoms with Crippen LogP contribution in [0.5, 0.6) is 0 Å². The van der Waals surface area contributed by atoms with Gasteiger partial charge in [0.25, 0.3) is 0 Å². The summed E-state index contributed by atoms with van der Waals surface area (Å²) in [5, 5.41) is 41.8. The topological polar surface area (TPSA) is 153 Å². The highest BCUT2D eigenvalue weighted by atomic mass is 16.7. The summed E-state index contributed by atoms with van der Waals surface area (Å²) in [6.07, 6.45) is 2.99. The summed E-state index contributed by atoms with van der Waals surface area (Å²) in [6, 6.07) is 0. The van der Waals surface area contributed by atoms with Crippen molar-refractivity contribution in [1.29, 1.82) is 0 Å². The Morgan fingerprint density at radius 1 is 1.02 bits per heavy atom. The van der Waals surface area contributed by atoms with Gasteiger partial charge in [-0.1, -0.05) is 41.5 Å². The largest absolute Gasteiger partial charge is 0.481 e. The third-order valence-corrected chi connectivity index (χ3v) is 13.0. The van der Waals surface area contributed by atoms with E-state index in [0.717, 1.165) is 32.1 Å². The first-order chi connectivity index (χ1) is 22.0. The van der Waals surface area contributed by atoms with E-state index in [1.165, 1.54) is 7.11 Å². The molecule has 1 spiro atoms. The summed E-state index contributed by atoms with van der Waals surface area (Å²) in [5.41, 5.74) is -1.15. The quantitative estimate of drug-likeness (QED) is 0.264. The molecule has 5 fully saturated rings. The number of aliphatic hydroxyl groups is 3. The van der Waals surface area contributed by atoms with Crippen LogP contribution >= 0.6 is 0 Å². The predicted octanol–water partition coefficient (Wildman–Crippen LogP) is 4.27. The van der Waals surface area contributed by atoms with E-state index in [0.29, 0.717) is 19.3 Å². The summed E-state index contributed by atoms with van der Waals surface area (Å²) in [6.45, 7) is 15.6. The summed E-state index contributed by atoms with van der Waals surface area (Å²) in [7, 11) is 1.52. The number of hydrogen-bond donors (Lipinski definition) is 4. The van der Waals surface area contributed by atoms with Gasteiger partial charge >= 0.3 is 5.97 Å². The Kier molecular flexibility index (Phi) is 10.9. The van der Waals surface area contributed by atoms with Crippen LogP contribution in [0.1, 0.15) is 107 Å². The van der Waals surface area contributed by atoms with Crippen LogP contribution < -0.4 is 0 Å². The van der Waals surface area contributed by atoms with Gasteiger partial charge in [0, 0.05) is 37.7 Å². The van der Waals surface area contributed by atoms with E-state index in [2.05, 4.69) is 27.7 Å². The van der Waals surface area contributed by atoms with E-state index in [1.807, 2.05) is 20.8 Å². The van der Waals surface area contributed by atoms with Gasteiger partial charge in [-0.25, -0.2) is 0 Å². The number of rotatable bonds is 10. The molecule has 11 heteroatoms. The number of ether oxygens (including phenoxy) is 6. The van der Waals surface area contributed by atoms with Crippen molar-refractivity contribution in [2.45, 2.75) is 172 Å². The molecule has 0 bridgehead atoms. The van der Waals surface area contributed by atoms with Crippen molar-refractivity contribution in [3.05, 3.63) is 0 Å². The van der Waals surface area contributed by atoms with Crippen molar-refractivity contribution in [1.82, 2.24) is 0 Å². The average Bonchev–Trinajstić information content (AvgIpc) is 3.73. The molecule has 0 aromatic rings. The normalized spacial score (nSPS) is 50.9. The maximum absolute atomic E-state index is 11.8. The van der Waals surface area contributed by atoms with Crippen LogP contribution in [0.3, 0.4) is 0 Å². The number of carboxylic acid groups (broad SMARTS) is 1. The minimum Gasteiger partial charge on any atom is -0.481 e. The van der Waals surface area contributed by atoms with Gasteiger partial charge < -0.3 is 48.8 Å². The van der Waals surface area contributed by atoms with Crippen molar-refractivity contribution in [3.8, 4) is 0 Å². The van der Waals surface area contributed by atoms with Gasteiger partial charge in [0.1, 0.15) is 0 Å². The molecule has 0 amide bonds. The Hall–Kier alpha value is -0.890. The SMILES string of the molecule is CC[C@@]1([C@@H]2O[C@@H]([C@H]3O[C@@](O)(CO)[C@H](C)C[C@@H]3C)C[C@@H]2C)CC[C@H]([C@]2(C)CCC3(C[C@H](O)[C@@H](C)[C@@H]([C@H](C)[C@@H](OC)[C@H](C)C(=O)O)O3)O2)O1. The molecule has 17 atom stereocenters. The van der Waals surface area contributed by atoms with Crippen LogP contribution in [-0.4, -0.2) is 106 Å². The van der Waals surface area contributed by atoms with Crippen LogP contribution in [0.2, 0.25) is 0 Å². The second kappa shape index (κ2) is 13.7. The molecule has 0 radical (unpaired) electrons. The van der Waals surface area contributed by atoms with Crippen LogP contribution in [0.4, 0.5) is 0 Å². The number of hydrogen-bond acceptors (Lipinski definition) is 10. The van der Waals surface area contributed by atoms with E-state index in [4.69, 9.17) is 28.4 Å². The van der Waals surface area contributed by atoms with Gasteiger partial charge in [0.2, 0.25) is 0 Å². The fourth-order valence-corrected chi connectivity index (χ4v) is 9.91. The van der Waals surface area contributed by atoms with E-state index < -0.39 is 59.6 Å². The number of aliphatic carboxylic acids is 1. The molecule has 272 valence electrons. The van der Waals surface area contributed by atoms with Gasteiger partial charge in [-0.3, -0.25) is 4.79 Å². The predicted molar refractivity (Wildman–Crippen MR) is 172 cm³/mol. The molecule has 5 saturated heterocycles. The Morgan fingerprint density at radius 2 is 1.72 bits per heavy atom. The first-order valence-corrected chi connectivity index (χ1v) is 18.1. The van der Waals surface area contributed by atoms with Crippen molar-refractivity contribution < 1.29 is 53.6 Å². The summed E-state index contributed by atoms with van der Waals surface area (Å²) >= 11 is 0. The Morgan fingerprint density at radius 3 is 2.34 bits per heavy atom. The molecule has 5 aliphatic heterocycles. The van der Waals surface area contributed by atoms with Crippen molar-refractivity contribution in [3.63, 3.8) is 0 Å². The first kappa shape index (κ1) is 37.4. The van der Waals surface area contributed by atoms with Crippen molar-refractivity contribution in [2.75, 3.05) is 13.7 Å². The molecule has 0 aromatic heterocycles. The first-order valence-electron chi connectivity index (χ1n) is 18.1. The minimum absolute atomic E-state index is 0.153. The summed E-state index contributed by atoms with van der Waals surface area (Å²) in [5.74, 6) is -4.52. The molecule has 5 heterocycles. The second-order valence-corrected chi connectivity index (χ2v) is 16.3. The molecule has 47 heavy (non-hydrogen) atoms. The lowest BCUT2D eigenvalue weighted by Crippen LogP contribution is -2.57. The van der Waals surface area contributed by atoms with E-state index in [1.54, 1.807) is 6.92 Å². The van der Waals surface area contributed by atoms with Gasteiger partial charge in [0.15, 0.2) is 11.6 Å². The standard InChI is InChI=1S/C36H62O11/c1-10-34(31-20(3)16-26(43-31)28-19(2)15-21(4)36(41,18-37)46-28)12-11-27(44-34)33(8)13-14-35(47-33)17-25(38)22(5)30(45-35)23(6)29(42-9)24(7)32(39)40/h19-31,37-38,41H,10-18H2,1-9H3,(H,39,40)/t19-,20-,21+,22+,23+,24-,25-,26+,27+,28-,29+,30-,31+,33-,34-,35?,36-/m0/s1. The number of aliphatic hydroxyl groups excluding tert-OH is 2. The van der Waals surface area contributed by atoms with E-state index >= 15 is 0 Å². The highest BCUT2D eigenvalue weighted by Crippen LogP contribution is 2.55. The lowest BCUT2D eigenvalue weighted by molar-refractivity contribution is -0.336. The van der Waals surface area contributed by atoms with Crippen molar-refractivity contribution in [2.24, 2.45) is 35.5 Å². The Labute approximate surface area is 281 Å². The fraction of sp³-hybridized carbons (Fsp3) is 0.972. The molecule has 5 rings (SSSR count). The van der Waals surface area contributed by atoms with Crippen LogP contribution in [0.15, 0.2) is 0 Å². The van der Waals surface area contributed by atoms with Crippen molar-refractivity contribution >= 4 is 5.97 Å². The summed E-state index contributed by atoms with van der Waals surface area (Å²) in [4.78, 5) is 11.8. The fourth-order valence-electron chi connectivity index (χ4n) is 9.91. The van der Waals surface area contributed by atoms with Crippen LogP contribution in [0.25, 0.3) is 0 Å². The summed E-state index contributed by atoms with van der Waals surface area (Å²) < 4.78 is 39.4. The minimum atomic E-state index is -1.56. The zero-order valence-electron chi connectivity index (χ0n) is 30.0. The molecule has 4 N–H and O–H groups in total. The molecule has 1 unspecified atom stereocenters. The molecule has 0 saturated carbocycles. The van der Waals surface area contributed by atoms with E-state index in [-0.39, 0.29) is 54.0 Å². The zero-order valence-corrected chi connectivity index (χ0v) is 30.0. The number of methoxy groups -OCH3 is 1. The third-order valence-electron chi connectivity index (χ3n) is 13.0. The van der Waals surface area contributed by atoms with Gasteiger partial charge in [-0.2, -0.15) is 0 Å². The monoisotopic (exact) mass is 670 g/mol. The number of carboxylic acids is 1. The van der Waals surface area contributed by atoms with Crippen LogP contribution in [0, 0.1) is 35.5 Å². The van der Waals surface area contributed by atoms with E-state index in [9.17, 15) is 25.2 Å². The Bertz CT molecular complexity index is 1110. The highest BCUT2D eigenvalue weighted by molar-refractivity contribution is 5.70. The van der Waals surface area contributed by atoms with Gasteiger partial charge in [0.05, 0.1) is 66.5 Å². The molecular weight excluding hydrogens is 608 g/mol. The maximum Gasteiger partial charge on any atom is 0.308 e. The lowest BCUT2D eigenvalue weighted by Gasteiger charge is -2.49. The third kappa shape index (κ3) is 6.67. The molecule has 0 aromatic carbocycles. The maximum atomic E-state index is 11.8. The number of carbonyl (C=O) groups is 1. The van der Waals surface area contributed by atoms with Crippen LogP contribution in [-0.2, 0) is 33.2 Å². The smallest absolute Gasteiger partial charge is 0.308 e. The molecular formula is C36H62O11. The molecule has 0 aliphatic carbocycles. The van der Waals surface area contributed by atoms with Gasteiger partial charge in [-0.15, -0.1) is 0 Å². The molecule has 5 aliphatic rings. The highest BCUT2D eigenvalue weighted by Gasteiger charge is 2.62. The lowest BCUT2D eigenvalue weighted by atomic mass is 9.78. The van der Waals surface area contributed by atoms with Gasteiger partial charge in [-0.05, 0) is 64.2 Å². The second-order valence-electron chi connectivity index (χ2n) is 16.3. The average molecular weight is 671 g/mol. The molecule has 11 nitrogen and oxygen atoms in total. The zero-order chi connectivity index (χ0) is 34.7.